The van der Waals surface area contributed by atoms with E-state index in [9.17, 15) is 9.59 Å². The summed E-state index contributed by atoms with van der Waals surface area (Å²) in [6.07, 6.45) is 2.55. The standard InChI is InChI=1S/C14H26N2O4/c1-4-9(2)12(13(17)18)16-14(19)15-10(3)11-5-7-20-8-6-11/h9-12H,4-8H2,1-3H3,(H,17,18)(H2,15,16,19). The Kier molecular flexibility index (Phi) is 6.78. The maximum absolute atomic E-state index is 11.9. The van der Waals surface area contributed by atoms with Gasteiger partial charge in [0, 0.05) is 19.3 Å². The summed E-state index contributed by atoms with van der Waals surface area (Å²) in [6.45, 7) is 7.13. The summed E-state index contributed by atoms with van der Waals surface area (Å²) in [6, 6.07) is -1.23. The number of hydrogen-bond acceptors (Lipinski definition) is 3. The predicted octanol–water partition coefficient (Wildman–Crippen LogP) is 1.60. The zero-order valence-corrected chi connectivity index (χ0v) is 12.5. The maximum Gasteiger partial charge on any atom is 0.326 e. The van der Waals surface area contributed by atoms with Crippen molar-refractivity contribution in [3.8, 4) is 0 Å². The summed E-state index contributed by atoms with van der Waals surface area (Å²) in [4.78, 5) is 23.1. The van der Waals surface area contributed by atoms with E-state index in [1.807, 2.05) is 20.8 Å². The molecule has 0 saturated carbocycles. The molecule has 0 aromatic rings. The highest BCUT2D eigenvalue weighted by atomic mass is 16.5. The Morgan fingerprint density at radius 2 is 1.85 bits per heavy atom. The normalized spacial score (nSPS) is 20.8. The number of aliphatic carboxylic acids is 1. The van der Waals surface area contributed by atoms with Gasteiger partial charge in [0.05, 0.1) is 0 Å². The fourth-order valence-electron chi connectivity index (χ4n) is 2.41. The second kappa shape index (κ2) is 8.09. The molecule has 0 aliphatic carbocycles. The number of amides is 2. The molecule has 116 valence electrons. The van der Waals surface area contributed by atoms with Crippen LogP contribution >= 0.6 is 0 Å². The van der Waals surface area contributed by atoms with Crippen LogP contribution in [0.1, 0.15) is 40.0 Å². The van der Waals surface area contributed by atoms with E-state index in [1.165, 1.54) is 0 Å². The molecule has 1 rings (SSSR count). The Balaban J connectivity index is 2.46. The van der Waals surface area contributed by atoms with Gasteiger partial charge >= 0.3 is 12.0 Å². The summed E-state index contributed by atoms with van der Waals surface area (Å²) < 4.78 is 5.29. The molecule has 0 spiro atoms. The van der Waals surface area contributed by atoms with Crippen molar-refractivity contribution in [2.24, 2.45) is 11.8 Å². The average molecular weight is 286 g/mol. The van der Waals surface area contributed by atoms with Crippen LogP contribution in [0, 0.1) is 11.8 Å². The van der Waals surface area contributed by atoms with Gasteiger partial charge in [-0.1, -0.05) is 20.3 Å². The molecule has 20 heavy (non-hydrogen) atoms. The highest BCUT2D eigenvalue weighted by molar-refractivity contribution is 5.82. The highest BCUT2D eigenvalue weighted by Crippen LogP contribution is 2.18. The SMILES string of the molecule is CCC(C)C(NC(=O)NC(C)C1CCOCC1)C(=O)O. The molecular weight excluding hydrogens is 260 g/mol. The van der Waals surface area contributed by atoms with Gasteiger partial charge in [-0.15, -0.1) is 0 Å². The van der Waals surface area contributed by atoms with E-state index in [1.54, 1.807) is 0 Å². The third kappa shape index (κ3) is 5.00. The van der Waals surface area contributed by atoms with E-state index in [0.717, 1.165) is 26.1 Å². The van der Waals surface area contributed by atoms with Gasteiger partial charge in [0.25, 0.3) is 0 Å². The van der Waals surface area contributed by atoms with Crippen molar-refractivity contribution >= 4 is 12.0 Å². The summed E-state index contributed by atoms with van der Waals surface area (Å²) in [5.41, 5.74) is 0. The molecule has 1 aliphatic rings. The molecule has 3 N–H and O–H groups in total. The fourth-order valence-corrected chi connectivity index (χ4v) is 2.41. The Morgan fingerprint density at radius 3 is 2.35 bits per heavy atom. The Bertz CT molecular complexity index is 329. The molecule has 1 saturated heterocycles. The molecule has 6 heteroatoms. The van der Waals surface area contributed by atoms with E-state index >= 15 is 0 Å². The molecule has 0 radical (unpaired) electrons. The summed E-state index contributed by atoms with van der Waals surface area (Å²) in [5, 5.41) is 14.5. The molecule has 3 unspecified atom stereocenters. The van der Waals surface area contributed by atoms with Crippen molar-refractivity contribution in [3.05, 3.63) is 0 Å². The summed E-state index contributed by atoms with van der Waals surface area (Å²) in [7, 11) is 0. The van der Waals surface area contributed by atoms with Crippen LogP contribution in [0.2, 0.25) is 0 Å². The first-order valence-electron chi connectivity index (χ1n) is 7.33. The number of rotatable bonds is 6. The minimum atomic E-state index is -0.992. The summed E-state index contributed by atoms with van der Waals surface area (Å²) >= 11 is 0. The molecule has 0 aromatic heterocycles. The van der Waals surface area contributed by atoms with Crippen molar-refractivity contribution in [1.29, 1.82) is 0 Å². The van der Waals surface area contributed by atoms with Crippen LogP contribution in [-0.4, -0.2) is 42.4 Å². The molecule has 0 bridgehead atoms. The van der Waals surface area contributed by atoms with Gasteiger partial charge in [0.1, 0.15) is 6.04 Å². The lowest BCUT2D eigenvalue weighted by molar-refractivity contribution is -0.140. The maximum atomic E-state index is 11.9. The van der Waals surface area contributed by atoms with Crippen LogP contribution < -0.4 is 10.6 Å². The molecule has 6 nitrogen and oxygen atoms in total. The highest BCUT2D eigenvalue weighted by Gasteiger charge is 2.27. The van der Waals surface area contributed by atoms with Crippen molar-refractivity contribution < 1.29 is 19.4 Å². The second-order valence-electron chi connectivity index (χ2n) is 5.56. The quantitative estimate of drug-likeness (QED) is 0.692. The average Bonchev–Trinajstić information content (AvgIpc) is 2.44. The van der Waals surface area contributed by atoms with E-state index in [-0.39, 0.29) is 12.0 Å². The first-order chi connectivity index (χ1) is 9.45. The molecule has 1 fully saturated rings. The first kappa shape index (κ1) is 16.8. The van der Waals surface area contributed by atoms with E-state index in [4.69, 9.17) is 9.84 Å². The van der Waals surface area contributed by atoms with Gasteiger partial charge in [-0.2, -0.15) is 0 Å². The fraction of sp³-hybridized carbons (Fsp3) is 0.857. The lowest BCUT2D eigenvalue weighted by Gasteiger charge is -2.29. The number of carbonyl (C=O) groups is 2. The van der Waals surface area contributed by atoms with Gasteiger partial charge in [-0.25, -0.2) is 9.59 Å². The van der Waals surface area contributed by atoms with Crippen LogP contribution in [0.4, 0.5) is 4.79 Å². The van der Waals surface area contributed by atoms with Crippen LogP contribution in [0.5, 0.6) is 0 Å². The number of ether oxygens (including phenoxy) is 1. The Morgan fingerprint density at radius 1 is 1.25 bits per heavy atom. The molecule has 0 aromatic carbocycles. The number of urea groups is 1. The minimum Gasteiger partial charge on any atom is -0.480 e. The van der Waals surface area contributed by atoms with Crippen molar-refractivity contribution in [2.75, 3.05) is 13.2 Å². The number of hydrogen-bond donors (Lipinski definition) is 3. The zero-order chi connectivity index (χ0) is 15.1. The number of carbonyl (C=O) groups excluding carboxylic acids is 1. The van der Waals surface area contributed by atoms with Gasteiger partial charge in [-0.3, -0.25) is 0 Å². The minimum absolute atomic E-state index is 0.0188. The largest absolute Gasteiger partial charge is 0.480 e. The predicted molar refractivity (Wildman–Crippen MR) is 75.6 cm³/mol. The molecule has 3 atom stereocenters. The monoisotopic (exact) mass is 286 g/mol. The van der Waals surface area contributed by atoms with Gasteiger partial charge in [0.2, 0.25) is 0 Å². The van der Waals surface area contributed by atoms with Crippen LogP contribution in [0.3, 0.4) is 0 Å². The molecule has 1 aliphatic heterocycles. The molecule has 2 amide bonds. The summed E-state index contributed by atoms with van der Waals surface area (Å²) in [5.74, 6) is -0.703. The van der Waals surface area contributed by atoms with E-state index in [2.05, 4.69) is 10.6 Å². The molecule has 1 heterocycles. The number of carboxylic acids is 1. The van der Waals surface area contributed by atoms with Gasteiger partial charge < -0.3 is 20.5 Å². The van der Waals surface area contributed by atoms with Crippen LogP contribution in [0.15, 0.2) is 0 Å². The van der Waals surface area contributed by atoms with Crippen molar-refractivity contribution in [1.82, 2.24) is 10.6 Å². The van der Waals surface area contributed by atoms with E-state index in [0.29, 0.717) is 12.3 Å². The zero-order valence-electron chi connectivity index (χ0n) is 12.5. The number of nitrogens with one attached hydrogen (secondary N) is 2. The lowest BCUT2D eigenvalue weighted by atomic mass is 9.93. The Labute approximate surface area is 120 Å². The third-order valence-electron chi connectivity index (χ3n) is 4.10. The number of carboxylic acid groups (broad SMARTS) is 1. The van der Waals surface area contributed by atoms with Crippen LogP contribution in [-0.2, 0) is 9.53 Å². The lowest BCUT2D eigenvalue weighted by Crippen LogP contribution is -2.52. The van der Waals surface area contributed by atoms with Gasteiger partial charge in [0.15, 0.2) is 0 Å². The van der Waals surface area contributed by atoms with Crippen LogP contribution in [0.25, 0.3) is 0 Å². The van der Waals surface area contributed by atoms with Crippen molar-refractivity contribution in [2.45, 2.75) is 52.1 Å². The van der Waals surface area contributed by atoms with E-state index < -0.39 is 18.0 Å². The smallest absolute Gasteiger partial charge is 0.326 e. The Hall–Kier alpha value is -1.30. The topological polar surface area (TPSA) is 87.7 Å². The molecular formula is C14H26N2O4. The second-order valence-corrected chi connectivity index (χ2v) is 5.56. The van der Waals surface area contributed by atoms with Crippen molar-refractivity contribution in [3.63, 3.8) is 0 Å². The third-order valence-corrected chi connectivity index (χ3v) is 4.10. The van der Waals surface area contributed by atoms with Gasteiger partial charge in [-0.05, 0) is 31.6 Å². The first-order valence-corrected chi connectivity index (χ1v) is 7.33.